The van der Waals surface area contributed by atoms with Gasteiger partial charge in [0.1, 0.15) is 11.9 Å². The zero-order valence-electron chi connectivity index (χ0n) is 23.7. The zero-order valence-corrected chi connectivity index (χ0v) is 23.7. The predicted molar refractivity (Wildman–Crippen MR) is 142 cm³/mol. The van der Waals surface area contributed by atoms with E-state index in [1.54, 1.807) is 0 Å². The van der Waals surface area contributed by atoms with Crippen LogP contribution in [-0.4, -0.2) is 40.1 Å². The number of ether oxygens (including phenoxy) is 1. The fourth-order valence-electron chi connectivity index (χ4n) is 9.47. The van der Waals surface area contributed by atoms with Crippen molar-refractivity contribution < 1.29 is 29.3 Å². The first-order valence-electron chi connectivity index (χ1n) is 14.1. The molecule has 0 aromatic heterocycles. The van der Waals surface area contributed by atoms with Crippen LogP contribution in [0.5, 0.6) is 0 Å². The Morgan fingerprint density at radius 1 is 1.08 bits per heavy atom. The van der Waals surface area contributed by atoms with E-state index in [1.165, 1.54) is 6.92 Å². The lowest BCUT2D eigenvalue weighted by atomic mass is 9.37. The molecule has 0 bridgehead atoms. The van der Waals surface area contributed by atoms with Gasteiger partial charge < -0.3 is 14.9 Å². The summed E-state index contributed by atoms with van der Waals surface area (Å²) in [5.74, 6) is -1.14. The third kappa shape index (κ3) is 4.31. The first kappa shape index (κ1) is 28.1. The second-order valence-electron chi connectivity index (χ2n) is 13.5. The molecule has 0 aromatic carbocycles. The standard InChI is InChI=1S/C31H46O6/c1-17(2)9-8-10-20(28(35)36)26-22-15-24(34)27-29(5)13-12-23(33)18(3)21(29)11-14-30(27,6)31(22,7)16-25(26)37-19(4)32/h9,18,21-23,25,27,33H,8,10-16H2,1-7H3,(H,35,36)/b26-20+/t18-,21-,22-,23+,25-,27-,29-,30-,31-/m0/s1. The number of carboxylic acid groups (broad SMARTS) is 1. The van der Waals surface area contributed by atoms with E-state index in [1.807, 2.05) is 19.9 Å². The number of hydrogen-bond acceptors (Lipinski definition) is 5. The lowest BCUT2D eigenvalue weighted by Gasteiger charge is -2.66. The average molecular weight is 515 g/mol. The monoisotopic (exact) mass is 514 g/mol. The number of Topliss-reactive ketones (excluding diaryl/α,β-unsaturated/α-hetero) is 1. The molecule has 0 aliphatic heterocycles. The van der Waals surface area contributed by atoms with Gasteiger partial charge in [0.05, 0.1) is 6.10 Å². The largest absolute Gasteiger partial charge is 0.478 e. The van der Waals surface area contributed by atoms with E-state index in [0.29, 0.717) is 43.3 Å². The van der Waals surface area contributed by atoms with Crippen molar-refractivity contribution in [1.82, 2.24) is 0 Å². The summed E-state index contributed by atoms with van der Waals surface area (Å²) >= 11 is 0. The van der Waals surface area contributed by atoms with Crippen LogP contribution in [0.4, 0.5) is 0 Å². The number of allylic oxidation sites excluding steroid dienone is 2. The Kier molecular flexibility index (Phi) is 7.33. The lowest BCUT2D eigenvalue weighted by Crippen LogP contribution is -2.64. The number of carbonyl (C=O) groups is 3. The van der Waals surface area contributed by atoms with Crippen LogP contribution < -0.4 is 0 Å². The van der Waals surface area contributed by atoms with Crippen molar-refractivity contribution in [2.24, 2.45) is 39.9 Å². The van der Waals surface area contributed by atoms with Crippen LogP contribution in [0.2, 0.25) is 0 Å². The van der Waals surface area contributed by atoms with Crippen molar-refractivity contribution in [2.45, 2.75) is 112 Å². The zero-order chi connectivity index (χ0) is 27.5. The van der Waals surface area contributed by atoms with Gasteiger partial charge in [0, 0.05) is 24.8 Å². The van der Waals surface area contributed by atoms with Crippen molar-refractivity contribution in [2.75, 3.05) is 0 Å². The van der Waals surface area contributed by atoms with Crippen molar-refractivity contribution >= 4 is 17.7 Å². The summed E-state index contributed by atoms with van der Waals surface area (Å²) in [7, 11) is 0. The summed E-state index contributed by atoms with van der Waals surface area (Å²) in [6.07, 6.45) is 6.22. The van der Waals surface area contributed by atoms with E-state index in [0.717, 1.165) is 24.8 Å². The molecule has 0 aromatic rings. The molecule has 2 N–H and O–H groups in total. The van der Waals surface area contributed by atoms with Gasteiger partial charge in [0.2, 0.25) is 0 Å². The molecule has 0 amide bonds. The molecule has 0 spiro atoms. The third-order valence-corrected chi connectivity index (χ3v) is 11.3. The summed E-state index contributed by atoms with van der Waals surface area (Å²) in [5.41, 5.74) is 1.19. The van der Waals surface area contributed by atoms with Crippen LogP contribution in [0, 0.1) is 39.9 Å². The molecule has 4 fully saturated rings. The van der Waals surface area contributed by atoms with Gasteiger partial charge >= 0.3 is 11.9 Å². The van der Waals surface area contributed by atoms with Gasteiger partial charge in [0.25, 0.3) is 0 Å². The van der Waals surface area contributed by atoms with Crippen molar-refractivity contribution in [3.63, 3.8) is 0 Å². The molecule has 0 unspecified atom stereocenters. The van der Waals surface area contributed by atoms with Crippen molar-refractivity contribution in [3.8, 4) is 0 Å². The number of rotatable bonds is 5. The second-order valence-corrected chi connectivity index (χ2v) is 13.5. The molecule has 0 heterocycles. The van der Waals surface area contributed by atoms with Gasteiger partial charge in [0.15, 0.2) is 0 Å². The molecule has 4 aliphatic rings. The predicted octanol–water partition coefficient (Wildman–Crippen LogP) is 5.87. The SMILES string of the molecule is CC(=O)O[C@H]1C[C@@]2(C)[C@@H](CC(=O)[C@H]3[C@@]4(C)CC[C@@H](O)[C@@H](C)[C@@H]4CC[C@@]32C)/C1=C(/CCC=C(C)C)C(=O)O. The first-order chi connectivity index (χ1) is 17.2. The molecule has 206 valence electrons. The smallest absolute Gasteiger partial charge is 0.331 e. The molecule has 6 nitrogen and oxygen atoms in total. The summed E-state index contributed by atoms with van der Waals surface area (Å²) in [6.45, 7) is 14.2. The van der Waals surface area contributed by atoms with E-state index in [4.69, 9.17) is 4.74 Å². The minimum atomic E-state index is -0.982. The number of ketones is 1. The van der Waals surface area contributed by atoms with E-state index < -0.39 is 18.0 Å². The number of hydrogen-bond donors (Lipinski definition) is 2. The van der Waals surface area contributed by atoms with Crippen LogP contribution in [0.25, 0.3) is 0 Å². The highest BCUT2D eigenvalue weighted by Gasteiger charge is 2.71. The van der Waals surface area contributed by atoms with Gasteiger partial charge in [-0.3, -0.25) is 9.59 Å². The lowest BCUT2D eigenvalue weighted by molar-refractivity contribution is -0.198. The number of fused-ring (bicyclic) bond motifs is 5. The highest BCUT2D eigenvalue weighted by molar-refractivity contribution is 5.90. The maximum Gasteiger partial charge on any atom is 0.331 e. The Morgan fingerprint density at radius 2 is 1.76 bits per heavy atom. The van der Waals surface area contributed by atoms with E-state index in [2.05, 4.69) is 27.7 Å². The number of esters is 1. The van der Waals surface area contributed by atoms with Crippen LogP contribution in [0.1, 0.15) is 99.8 Å². The van der Waals surface area contributed by atoms with Crippen LogP contribution in [0.3, 0.4) is 0 Å². The average Bonchev–Trinajstić information content (AvgIpc) is 3.05. The van der Waals surface area contributed by atoms with Gasteiger partial charge in [-0.2, -0.15) is 0 Å². The third-order valence-electron chi connectivity index (χ3n) is 11.3. The molecule has 0 radical (unpaired) electrons. The Balaban J connectivity index is 1.83. The van der Waals surface area contributed by atoms with Crippen molar-refractivity contribution in [1.29, 1.82) is 0 Å². The fourth-order valence-corrected chi connectivity index (χ4v) is 9.47. The van der Waals surface area contributed by atoms with Crippen LogP contribution in [-0.2, 0) is 19.1 Å². The molecule has 4 saturated carbocycles. The quantitative estimate of drug-likeness (QED) is 0.270. The Hall–Kier alpha value is -1.95. The minimum absolute atomic E-state index is 0.147. The summed E-state index contributed by atoms with van der Waals surface area (Å²) in [6, 6.07) is 0. The molecular weight excluding hydrogens is 468 g/mol. The molecule has 0 saturated heterocycles. The molecule has 4 aliphatic carbocycles. The number of aliphatic hydroxyl groups excluding tert-OH is 1. The van der Waals surface area contributed by atoms with E-state index in [9.17, 15) is 24.6 Å². The summed E-state index contributed by atoms with van der Waals surface area (Å²) in [5, 5.41) is 20.9. The Bertz CT molecular complexity index is 1040. The van der Waals surface area contributed by atoms with Crippen LogP contribution >= 0.6 is 0 Å². The first-order valence-corrected chi connectivity index (χ1v) is 14.1. The number of carbonyl (C=O) groups excluding carboxylic acids is 2. The number of carboxylic acids is 1. The minimum Gasteiger partial charge on any atom is -0.478 e. The maximum absolute atomic E-state index is 14.2. The summed E-state index contributed by atoms with van der Waals surface area (Å²) in [4.78, 5) is 39.0. The van der Waals surface area contributed by atoms with Gasteiger partial charge in [-0.25, -0.2) is 4.79 Å². The van der Waals surface area contributed by atoms with Gasteiger partial charge in [-0.1, -0.05) is 39.3 Å². The van der Waals surface area contributed by atoms with Crippen LogP contribution in [0.15, 0.2) is 22.8 Å². The second kappa shape index (κ2) is 9.66. The molecule has 37 heavy (non-hydrogen) atoms. The summed E-state index contributed by atoms with van der Waals surface area (Å²) < 4.78 is 5.84. The molecule has 9 atom stereocenters. The van der Waals surface area contributed by atoms with Crippen molar-refractivity contribution in [3.05, 3.63) is 22.8 Å². The van der Waals surface area contributed by atoms with Gasteiger partial charge in [-0.15, -0.1) is 0 Å². The molecule has 6 heteroatoms. The van der Waals surface area contributed by atoms with E-state index in [-0.39, 0.29) is 51.8 Å². The highest BCUT2D eigenvalue weighted by atomic mass is 16.5. The van der Waals surface area contributed by atoms with Gasteiger partial charge in [-0.05, 0) is 98.4 Å². The highest BCUT2D eigenvalue weighted by Crippen LogP contribution is 2.73. The maximum atomic E-state index is 14.2. The Morgan fingerprint density at radius 3 is 2.35 bits per heavy atom. The molecular formula is C31H46O6. The number of aliphatic carboxylic acids is 1. The number of aliphatic hydroxyl groups is 1. The normalized spacial score (nSPS) is 44.3. The van der Waals surface area contributed by atoms with E-state index >= 15 is 0 Å². The fraction of sp³-hybridized carbons (Fsp3) is 0.774. The Labute approximate surface area is 221 Å². The topological polar surface area (TPSA) is 101 Å². The molecule has 4 rings (SSSR count).